The zero-order chi connectivity index (χ0) is 17.3. The minimum Gasteiger partial charge on any atom is -0.481 e. The van der Waals surface area contributed by atoms with Gasteiger partial charge in [-0.1, -0.05) is 0 Å². The molecule has 0 saturated carbocycles. The van der Waals surface area contributed by atoms with E-state index in [0.29, 0.717) is 22.8 Å². The largest absolute Gasteiger partial charge is 0.481 e. The van der Waals surface area contributed by atoms with Gasteiger partial charge in [-0.15, -0.1) is 11.3 Å². The first-order valence-electron chi connectivity index (χ1n) is 7.43. The summed E-state index contributed by atoms with van der Waals surface area (Å²) in [4.78, 5) is 37.6. The number of hydrogen-bond donors (Lipinski definition) is 2. The number of amides is 2. The standard InChI is InChI=1S/C16H16N2O5S/c1-9-7-12(17-14(19)11-3-2-6-23-11)24-13(9)15(20)18-5-4-10(8-18)16(21)22/h2-3,6-7,10H,4-5,8H2,1H3,(H,17,19)(H,21,22). The molecule has 0 spiro atoms. The number of carbonyl (C=O) groups excluding carboxylic acids is 2. The van der Waals surface area contributed by atoms with Gasteiger partial charge in [-0.2, -0.15) is 0 Å². The number of likely N-dealkylation sites (tertiary alicyclic amines) is 1. The van der Waals surface area contributed by atoms with Crippen molar-refractivity contribution in [2.75, 3.05) is 18.4 Å². The molecule has 0 bridgehead atoms. The lowest BCUT2D eigenvalue weighted by atomic mass is 10.1. The maximum atomic E-state index is 12.6. The van der Waals surface area contributed by atoms with E-state index in [1.165, 1.54) is 17.6 Å². The molecule has 2 amide bonds. The van der Waals surface area contributed by atoms with Gasteiger partial charge in [-0.05, 0) is 37.1 Å². The highest BCUT2D eigenvalue weighted by Gasteiger charge is 2.32. The van der Waals surface area contributed by atoms with E-state index in [4.69, 9.17) is 9.52 Å². The molecule has 24 heavy (non-hydrogen) atoms. The lowest BCUT2D eigenvalue weighted by molar-refractivity contribution is -0.141. The van der Waals surface area contributed by atoms with E-state index < -0.39 is 11.9 Å². The summed E-state index contributed by atoms with van der Waals surface area (Å²) in [6.45, 7) is 2.44. The number of carbonyl (C=O) groups is 3. The molecule has 0 aromatic carbocycles. The summed E-state index contributed by atoms with van der Waals surface area (Å²) in [5.74, 6) is -1.77. The first-order chi connectivity index (χ1) is 11.5. The number of carboxylic acid groups (broad SMARTS) is 1. The minimum absolute atomic E-state index is 0.192. The van der Waals surface area contributed by atoms with Crippen molar-refractivity contribution in [3.8, 4) is 0 Å². The van der Waals surface area contributed by atoms with Crippen molar-refractivity contribution in [2.45, 2.75) is 13.3 Å². The van der Waals surface area contributed by atoms with Crippen LogP contribution in [0.15, 0.2) is 28.9 Å². The predicted octanol–water partition coefficient (Wildman–Crippen LogP) is 2.45. The maximum absolute atomic E-state index is 12.6. The molecule has 1 saturated heterocycles. The van der Waals surface area contributed by atoms with Crippen molar-refractivity contribution < 1.29 is 23.9 Å². The fourth-order valence-corrected chi connectivity index (χ4v) is 3.66. The fraction of sp³-hybridized carbons (Fsp3) is 0.312. The zero-order valence-corrected chi connectivity index (χ0v) is 13.8. The first kappa shape index (κ1) is 16.3. The molecule has 1 aliphatic rings. The van der Waals surface area contributed by atoms with E-state index in [1.807, 2.05) is 0 Å². The van der Waals surface area contributed by atoms with E-state index in [-0.39, 0.29) is 24.1 Å². The highest BCUT2D eigenvalue weighted by atomic mass is 32.1. The Morgan fingerprint density at radius 1 is 1.42 bits per heavy atom. The second-order valence-corrected chi connectivity index (χ2v) is 6.68. The Balaban J connectivity index is 1.71. The number of carboxylic acids is 1. The molecule has 126 valence electrons. The van der Waals surface area contributed by atoms with Crippen LogP contribution in [0.3, 0.4) is 0 Å². The summed E-state index contributed by atoms with van der Waals surface area (Å²) < 4.78 is 5.03. The number of aliphatic carboxylic acids is 1. The molecule has 0 aliphatic carbocycles. The highest BCUT2D eigenvalue weighted by molar-refractivity contribution is 7.18. The summed E-state index contributed by atoms with van der Waals surface area (Å²) in [6, 6.07) is 4.90. The molecule has 3 rings (SSSR count). The molecule has 8 heteroatoms. The predicted molar refractivity (Wildman–Crippen MR) is 87.4 cm³/mol. The summed E-state index contributed by atoms with van der Waals surface area (Å²) in [5, 5.41) is 12.3. The molecule has 0 radical (unpaired) electrons. The van der Waals surface area contributed by atoms with E-state index >= 15 is 0 Å². The van der Waals surface area contributed by atoms with Crippen LogP contribution in [0.2, 0.25) is 0 Å². The van der Waals surface area contributed by atoms with Crippen LogP contribution < -0.4 is 5.32 Å². The molecule has 7 nitrogen and oxygen atoms in total. The number of anilines is 1. The van der Waals surface area contributed by atoms with Crippen molar-refractivity contribution in [1.82, 2.24) is 4.90 Å². The quantitative estimate of drug-likeness (QED) is 0.884. The van der Waals surface area contributed by atoms with Gasteiger partial charge >= 0.3 is 5.97 Å². The van der Waals surface area contributed by atoms with Gasteiger partial charge in [0.25, 0.3) is 11.8 Å². The molecule has 1 fully saturated rings. The zero-order valence-electron chi connectivity index (χ0n) is 12.9. The third kappa shape index (κ3) is 3.18. The van der Waals surface area contributed by atoms with Crippen LogP contribution in [0.1, 0.15) is 32.2 Å². The number of furan rings is 1. The van der Waals surface area contributed by atoms with Crippen LogP contribution in [0, 0.1) is 12.8 Å². The molecule has 1 aliphatic heterocycles. The Hall–Kier alpha value is -2.61. The van der Waals surface area contributed by atoms with Crippen LogP contribution in [-0.4, -0.2) is 40.9 Å². The first-order valence-corrected chi connectivity index (χ1v) is 8.24. The lowest BCUT2D eigenvalue weighted by Gasteiger charge is -2.15. The number of thiophene rings is 1. The van der Waals surface area contributed by atoms with Gasteiger partial charge in [0.05, 0.1) is 22.1 Å². The van der Waals surface area contributed by atoms with Crippen LogP contribution in [0.25, 0.3) is 0 Å². The molecular weight excluding hydrogens is 332 g/mol. The Bertz CT molecular complexity index is 780. The van der Waals surface area contributed by atoms with Gasteiger partial charge in [0, 0.05) is 13.1 Å². The minimum atomic E-state index is -0.875. The molecule has 2 aromatic heterocycles. The number of rotatable bonds is 4. The van der Waals surface area contributed by atoms with Gasteiger partial charge in [0.1, 0.15) is 0 Å². The van der Waals surface area contributed by atoms with Crippen molar-refractivity contribution in [2.24, 2.45) is 5.92 Å². The van der Waals surface area contributed by atoms with Crippen LogP contribution in [0.4, 0.5) is 5.00 Å². The second kappa shape index (κ2) is 6.48. The average molecular weight is 348 g/mol. The molecule has 1 atom stereocenters. The van der Waals surface area contributed by atoms with E-state index in [1.54, 1.807) is 30.0 Å². The van der Waals surface area contributed by atoms with Gasteiger partial charge in [0.15, 0.2) is 5.76 Å². The van der Waals surface area contributed by atoms with E-state index in [0.717, 1.165) is 5.56 Å². The SMILES string of the molecule is Cc1cc(NC(=O)c2ccco2)sc1C(=O)N1CCC(C(=O)O)C1. The summed E-state index contributed by atoms with van der Waals surface area (Å²) in [7, 11) is 0. The van der Waals surface area contributed by atoms with Gasteiger partial charge in [-0.3, -0.25) is 14.4 Å². The van der Waals surface area contributed by atoms with Gasteiger partial charge < -0.3 is 19.7 Å². The van der Waals surface area contributed by atoms with Gasteiger partial charge in [0.2, 0.25) is 0 Å². The fourth-order valence-electron chi connectivity index (χ4n) is 2.63. The van der Waals surface area contributed by atoms with Crippen LogP contribution >= 0.6 is 11.3 Å². The Morgan fingerprint density at radius 3 is 2.83 bits per heavy atom. The maximum Gasteiger partial charge on any atom is 0.308 e. The Kier molecular flexibility index (Phi) is 4.39. The van der Waals surface area contributed by atoms with E-state index in [2.05, 4.69) is 5.32 Å². The molecule has 2 aromatic rings. The Morgan fingerprint density at radius 2 is 2.21 bits per heavy atom. The van der Waals surface area contributed by atoms with Crippen molar-refractivity contribution in [3.63, 3.8) is 0 Å². The third-order valence-electron chi connectivity index (χ3n) is 3.92. The lowest BCUT2D eigenvalue weighted by Crippen LogP contribution is -2.29. The summed E-state index contributed by atoms with van der Waals surface area (Å²) in [6.07, 6.45) is 1.88. The highest BCUT2D eigenvalue weighted by Crippen LogP contribution is 2.30. The van der Waals surface area contributed by atoms with E-state index in [9.17, 15) is 14.4 Å². The smallest absolute Gasteiger partial charge is 0.308 e. The normalized spacial score (nSPS) is 17.0. The molecule has 3 heterocycles. The Labute approximate surface area is 141 Å². The summed E-state index contributed by atoms with van der Waals surface area (Å²) >= 11 is 1.18. The van der Waals surface area contributed by atoms with Crippen LogP contribution in [-0.2, 0) is 4.79 Å². The topological polar surface area (TPSA) is 99.9 Å². The number of nitrogens with one attached hydrogen (secondary N) is 1. The van der Waals surface area contributed by atoms with Crippen molar-refractivity contribution in [3.05, 3.63) is 40.7 Å². The van der Waals surface area contributed by atoms with Crippen molar-refractivity contribution in [1.29, 1.82) is 0 Å². The number of nitrogens with zero attached hydrogens (tertiary/aromatic N) is 1. The summed E-state index contributed by atoms with van der Waals surface area (Å²) in [5.41, 5.74) is 0.749. The molecular formula is C16H16N2O5S. The third-order valence-corrected chi connectivity index (χ3v) is 5.06. The molecule has 2 N–H and O–H groups in total. The number of aryl methyl sites for hydroxylation is 1. The van der Waals surface area contributed by atoms with Crippen LogP contribution in [0.5, 0.6) is 0 Å². The number of hydrogen-bond acceptors (Lipinski definition) is 5. The van der Waals surface area contributed by atoms with Gasteiger partial charge in [-0.25, -0.2) is 0 Å². The monoisotopic (exact) mass is 348 g/mol. The second-order valence-electron chi connectivity index (χ2n) is 5.63. The molecule has 1 unspecified atom stereocenters. The van der Waals surface area contributed by atoms with Crippen molar-refractivity contribution >= 4 is 34.1 Å². The average Bonchev–Trinajstić information content (AvgIpc) is 3.27.